The Bertz CT molecular complexity index is 711. The first-order chi connectivity index (χ1) is 8.79. The average molecular weight is 244 g/mol. The van der Waals surface area contributed by atoms with E-state index in [1.54, 1.807) is 6.92 Å². The summed E-state index contributed by atoms with van der Waals surface area (Å²) >= 11 is 0. The number of rotatable bonds is 3. The summed E-state index contributed by atoms with van der Waals surface area (Å²) in [6.07, 6.45) is 1.98. The zero-order chi connectivity index (χ0) is 12.5. The van der Waals surface area contributed by atoms with Gasteiger partial charge in [-0.1, -0.05) is 5.16 Å². The molecular weight excluding hydrogens is 232 g/mol. The van der Waals surface area contributed by atoms with E-state index in [4.69, 9.17) is 9.26 Å². The van der Waals surface area contributed by atoms with Crippen LogP contribution in [0, 0.1) is 0 Å². The van der Waals surface area contributed by atoms with Crippen molar-refractivity contribution in [3.05, 3.63) is 30.1 Å². The quantitative estimate of drug-likeness (QED) is 0.718. The van der Waals surface area contributed by atoms with E-state index in [1.165, 1.54) is 0 Å². The Kier molecular flexibility index (Phi) is 2.51. The zero-order valence-electron chi connectivity index (χ0n) is 9.90. The number of ether oxygens (including phenoxy) is 1. The summed E-state index contributed by atoms with van der Waals surface area (Å²) in [5.41, 5.74) is 2.30. The minimum atomic E-state index is -0.291. The Balaban J connectivity index is 2.11. The second kappa shape index (κ2) is 4.18. The van der Waals surface area contributed by atoms with Gasteiger partial charge in [0.25, 0.3) is 0 Å². The van der Waals surface area contributed by atoms with Gasteiger partial charge in [0.05, 0.1) is 18.4 Å². The van der Waals surface area contributed by atoms with Crippen LogP contribution < -0.4 is 0 Å². The van der Waals surface area contributed by atoms with Crippen LogP contribution in [0.4, 0.5) is 0 Å². The second-order valence-electron chi connectivity index (χ2n) is 3.99. The van der Waals surface area contributed by atoms with Crippen LogP contribution in [0.3, 0.4) is 0 Å². The molecule has 0 bridgehead atoms. The molecule has 0 aliphatic rings. The minimum absolute atomic E-state index is 0.130. The smallest absolute Gasteiger partial charge is 0.312 e. The maximum atomic E-state index is 11.5. The standard InChI is InChI=1S/C13H12N2O3/c1-2-17-12(16)7-10-13-8-5-6-14-9(8)3-4-11(13)18-15-10/h3-6,14H,2,7H2,1H3. The van der Waals surface area contributed by atoms with Gasteiger partial charge in [0.2, 0.25) is 0 Å². The monoisotopic (exact) mass is 244 g/mol. The van der Waals surface area contributed by atoms with E-state index in [0.29, 0.717) is 17.9 Å². The predicted molar refractivity (Wildman–Crippen MR) is 66.2 cm³/mol. The predicted octanol–water partition coefficient (Wildman–Crippen LogP) is 2.41. The Morgan fingerprint density at radius 2 is 2.33 bits per heavy atom. The molecule has 0 saturated heterocycles. The van der Waals surface area contributed by atoms with E-state index in [-0.39, 0.29) is 12.4 Å². The van der Waals surface area contributed by atoms with Gasteiger partial charge in [0.1, 0.15) is 5.69 Å². The number of aromatic nitrogens is 2. The van der Waals surface area contributed by atoms with E-state index in [2.05, 4.69) is 10.1 Å². The molecule has 5 heteroatoms. The summed E-state index contributed by atoms with van der Waals surface area (Å²) < 4.78 is 10.2. The number of carbonyl (C=O) groups is 1. The maximum absolute atomic E-state index is 11.5. The molecule has 1 N–H and O–H groups in total. The number of fused-ring (bicyclic) bond motifs is 3. The van der Waals surface area contributed by atoms with Crippen LogP contribution in [-0.4, -0.2) is 22.7 Å². The van der Waals surface area contributed by atoms with Gasteiger partial charge in [-0.15, -0.1) is 0 Å². The number of esters is 1. The molecule has 0 aliphatic carbocycles. The zero-order valence-corrected chi connectivity index (χ0v) is 9.90. The van der Waals surface area contributed by atoms with E-state index < -0.39 is 0 Å². The lowest BCUT2D eigenvalue weighted by molar-refractivity contribution is -0.142. The number of nitrogens with zero attached hydrogens (tertiary/aromatic N) is 1. The molecular formula is C13H12N2O3. The number of aromatic amines is 1. The van der Waals surface area contributed by atoms with Crippen molar-refractivity contribution in [3.63, 3.8) is 0 Å². The van der Waals surface area contributed by atoms with Crippen molar-refractivity contribution in [2.75, 3.05) is 6.61 Å². The summed E-state index contributed by atoms with van der Waals surface area (Å²) in [6, 6.07) is 5.72. The van der Waals surface area contributed by atoms with Crippen molar-refractivity contribution in [3.8, 4) is 0 Å². The van der Waals surface area contributed by atoms with Crippen molar-refractivity contribution in [2.45, 2.75) is 13.3 Å². The van der Waals surface area contributed by atoms with Crippen LogP contribution in [0.5, 0.6) is 0 Å². The molecule has 2 aromatic heterocycles. The van der Waals surface area contributed by atoms with E-state index in [1.807, 2.05) is 24.4 Å². The van der Waals surface area contributed by atoms with E-state index in [9.17, 15) is 4.79 Å². The van der Waals surface area contributed by atoms with Gasteiger partial charge in [-0.05, 0) is 25.1 Å². The summed E-state index contributed by atoms with van der Waals surface area (Å²) in [5, 5.41) is 5.84. The lowest BCUT2D eigenvalue weighted by atomic mass is 10.1. The lowest BCUT2D eigenvalue weighted by Gasteiger charge is -1.99. The average Bonchev–Trinajstić information content (AvgIpc) is 2.94. The first-order valence-corrected chi connectivity index (χ1v) is 5.79. The van der Waals surface area contributed by atoms with Crippen molar-refractivity contribution >= 4 is 27.8 Å². The third kappa shape index (κ3) is 1.64. The molecule has 0 aliphatic heterocycles. The number of H-pyrrole nitrogens is 1. The molecule has 3 rings (SSSR count). The largest absolute Gasteiger partial charge is 0.466 e. The molecule has 18 heavy (non-hydrogen) atoms. The highest BCUT2D eigenvalue weighted by Crippen LogP contribution is 2.27. The molecule has 0 saturated carbocycles. The normalized spacial score (nSPS) is 11.2. The SMILES string of the molecule is CCOC(=O)Cc1noc2ccc3[nH]ccc3c12. The molecule has 0 amide bonds. The molecule has 1 aromatic carbocycles. The van der Waals surface area contributed by atoms with Crippen molar-refractivity contribution < 1.29 is 14.1 Å². The fraction of sp³-hybridized carbons (Fsp3) is 0.231. The van der Waals surface area contributed by atoms with Gasteiger partial charge in [0.15, 0.2) is 5.58 Å². The molecule has 0 unspecified atom stereocenters. The summed E-state index contributed by atoms with van der Waals surface area (Å²) in [7, 11) is 0. The van der Waals surface area contributed by atoms with Crippen molar-refractivity contribution in [2.24, 2.45) is 0 Å². The second-order valence-corrected chi connectivity index (χ2v) is 3.99. The van der Waals surface area contributed by atoms with Crippen molar-refractivity contribution in [1.82, 2.24) is 10.1 Å². The number of hydrogen-bond donors (Lipinski definition) is 1. The number of hydrogen-bond acceptors (Lipinski definition) is 4. The van der Waals surface area contributed by atoms with E-state index in [0.717, 1.165) is 16.3 Å². The van der Waals surface area contributed by atoms with Gasteiger partial charge < -0.3 is 14.2 Å². The van der Waals surface area contributed by atoms with Crippen LogP contribution in [0.25, 0.3) is 21.9 Å². The number of nitrogens with one attached hydrogen (secondary N) is 1. The third-order valence-corrected chi connectivity index (χ3v) is 2.86. The van der Waals surface area contributed by atoms with Crippen LogP contribution in [0.2, 0.25) is 0 Å². The van der Waals surface area contributed by atoms with Crippen LogP contribution in [-0.2, 0) is 16.0 Å². The fourth-order valence-corrected chi connectivity index (χ4v) is 2.11. The van der Waals surface area contributed by atoms with Gasteiger partial charge in [-0.25, -0.2) is 0 Å². The summed E-state index contributed by atoms with van der Waals surface area (Å²) in [5.74, 6) is -0.291. The summed E-state index contributed by atoms with van der Waals surface area (Å²) in [4.78, 5) is 14.6. The molecule has 5 nitrogen and oxygen atoms in total. The molecule has 3 aromatic rings. The Hall–Kier alpha value is -2.30. The van der Waals surface area contributed by atoms with Gasteiger partial charge in [-0.2, -0.15) is 0 Å². The Morgan fingerprint density at radius 1 is 1.44 bits per heavy atom. The van der Waals surface area contributed by atoms with Gasteiger partial charge in [-0.3, -0.25) is 4.79 Å². The summed E-state index contributed by atoms with van der Waals surface area (Å²) in [6.45, 7) is 2.15. The van der Waals surface area contributed by atoms with Crippen LogP contribution >= 0.6 is 0 Å². The molecule has 0 fully saturated rings. The highest BCUT2D eigenvalue weighted by Gasteiger charge is 2.15. The minimum Gasteiger partial charge on any atom is -0.466 e. The number of carbonyl (C=O) groups excluding carboxylic acids is 1. The van der Waals surface area contributed by atoms with Crippen LogP contribution in [0.1, 0.15) is 12.6 Å². The highest BCUT2D eigenvalue weighted by atomic mass is 16.5. The third-order valence-electron chi connectivity index (χ3n) is 2.86. The van der Waals surface area contributed by atoms with Crippen molar-refractivity contribution in [1.29, 1.82) is 0 Å². The molecule has 0 atom stereocenters. The molecule has 2 heterocycles. The molecule has 92 valence electrons. The van der Waals surface area contributed by atoms with E-state index >= 15 is 0 Å². The number of benzene rings is 1. The topological polar surface area (TPSA) is 68.1 Å². The Morgan fingerprint density at radius 3 is 3.17 bits per heavy atom. The fourth-order valence-electron chi connectivity index (χ4n) is 2.11. The highest BCUT2D eigenvalue weighted by molar-refractivity contribution is 6.06. The molecule has 0 radical (unpaired) electrons. The molecule has 0 spiro atoms. The Labute approximate surface area is 103 Å². The van der Waals surface area contributed by atoms with Crippen LogP contribution in [0.15, 0.2) is 28.9 Å². The van der Waals surface area contributed by atoms with Gasteiger partial charge >= 0.3 is 5.97 Å². The van der Waals surface area contributed by atoms with Gasteiger partial charge in [0, 0.05) is 17.1 Å². The maximum Gasteiger partial charge on any atom is 0.312 e. The first-order valence-electron chi connectivity index (χ1n) is 5.79. The lowest BCUT2D eigenvalue weighted by Crippen LogP contribution is -2.07. The first kappa shape index (κ1) is 10.8.